The van der Waals surface area contributed by atoms with Crippen molar-refractivity contribution in [2.24, 2.45) is 11.7 Å². The zero-order valence-electron chi connectivity index (χ0n) is 7.63. The summed E-state index contributed by atoms with van der Waals surface area (Å²) in [7, 11) is 0. The van der Waals surface area contributed by atoms with Gasteiger partial charge in [-0.1, -0.05) is 13.8 Å². The number of likely N-dealkylation sites (N-methyl/N-ethyl adjacent to an activating group) is 1. The molecule has 0 atom stereocenters. The molecule has 0 heterocycles. The van der Waals surface area contributed by atoms with E-state index < -0.39 is 0 Å². The Morgan fingerprint density at radius 3 is 2.36 bits per heavy atom. The molecule has 0 aromatic carbocycles. The van der Waals surface area contributed by atoms with Crippen LogP contribution in [-0.4, -0.2) is 30.4 Å². The third kappa shape index (κ3) is 3.98. The second-order valence-corrected chi connectivity index (χ2v) is 3.03. The van der Waals surface area contributed by atoms with E-state index in [0.717, 1.165) is 13.1 Å². The van der Waals surface area contributed by atoms with Crippen LogP contribution in [0.4, 0.5) is 0 Å². The Morgan fingerprint density at radius 1 is 1.55 bits per heavy atom. The number of carbonyl (C=O) groups excluding carboxylic acids is 1. The molecule has 0 saturated carbocycles. The van der Waals surface area contributed by atoms with Gasteiger partial charge in [0, 0.05) is 13.1 Å². The molecule has 3 heteroatoms. The summed E-state index contributed by atoms with van der Waals surface area (Å²) in [4.78, 5) is 12.9. The Labute approximate surface area is 68.6 Å². The first kappa shape index (κ1) is 10.4. The smallest absolute Gasteiger partial charge is 0.236 e. The fourth-order valence-electron chi connectivity index (χ4n) is 0.977. The third-order valence-corrected chi connectivity index (χ3v) is 1.49. The molecule has 0 aromatic heterocycles. The summed E-state index contributed by atoms with van der Waals surface area (Å²) >= 11 is 0. The van der Waals surface area contributed by atoms with Crippen molar-refractivity contribution >= 4 is 5.91 Å². The lowest BCUT2D eigenvalue weighted by molar-refractivity contribution is -0.129. The molecule has 0 rings (SSSR count). The van der Waals surface area contributed by atoms with Crippen LogP contribution in [0.25, 0.3) is 0 Å². The Kier molecular flexibility index (Phi) is 4.86. The van der Waals surface area contributed by atoms with E-state index in [9.17, 15) is 4.79 Å². The summed E-state index contributed by atoms with van der Waals surface area (Å²) in [6.45, 7) is 7.84. The van der Waals surface area contributed by atoms with Crippen LogP contribution < -0.4 is 5.73 Å². The van der Waals surface area contributed by atoms with E-state index in [2.05, 4.69) is 13.8 Å². The molecule has 0 bridgehead atoms. The molecule has 0 aromatic rings. The van der Waals surface area contributed by atoms with Crippen molar-refractivity contribution in [3.63, 3.8) is 0 Å². The Morgan fingerprint density at radius 2 is 2.09 bits per heavy atom. The van der Waals surface area contributed by atoms with Crippen LogP contribution >= 0.6 is 0 Å². The van der Waals surface area contributed by atoms with Gasteiger partial charge in [0.1, 0.15) is 0 Å². The number of carbonyl (C=O) groups is 1. The quantitative estimate of drug-likeness (QED) is 0.645. The average molecular weight is 158 g/mol. The Bertz CT molecular complexity index is 123. The molecule has 0 spiro atoms. The van der Waals surface area contributed by atoms with E-state index in [-0.39, 0.29) is 12.5 Å². The van der Waals surface area contributed by atoms with E-state index in [4.69, 9.17) is 5.73 Å². The minimum Gasteiger partial charge on any atom is -0.342 e. The first-order valence-corrected chi connectivity index (χ1v) is 4.09. The normalized spacial score (nSPS) is 10.3. The predicted octanol–water partition coefficient (Wildman–Crippen LogP) is 0.450. The summed E-state index contributed by atoms with van der Waals surface area (Å²) < 4.78 is 0. The molecule has 1 amide bonds. The van der Waals surface area contributed by atoms with Gasteiger partial charge in [-0.2, -0.15) is 0 Å². The van der Waals surface area contributed by atoms with Crippen LogP contribution in [0.3, 0.4) is 0 Å². The van der Waals surface area contributed by atoms with Crippen LogP contribution in [0.15, 0.2) is 0 Å². The summed E-state index contributed by atoms with van der Waals surface area (Å²) in [5.74, 6) is 0.562. The second kappa shape index (κ2) is 5.13. The number of hydrogen-bond acceptors (Lipinski definition) is 2. The molecular formula is C8H18N2O. The molecule has 0 fully saturated rings. The summed E-state index contributed by atoms with van der Waals surface area (Å²) in [6, 6.07) is 0. The van der Waals surface area contributed by atoms with E-state index in [0.29, 0.717) is 5.92 Å². The number of nitrogens with two attached hydrogens (primary N) is 1. The van der Waals surface area contributed by atoms with Gasteiger partial charge < -0.3 is 10.6 Å². The van der Waals surface area contributed by atoms with Crippen molar-refractivity contribution in [1.82, 2.24) is 4.90 Å². The molecular weight excluding hydrogens is 140 g/mol. The van der Waals surface area contributed by atoms with Gasteiger partial charge in [-0.05, 0) is 12.8 Å². The topological polar surface area (TPSA) is 46.3 Å². The SMILES string of the molecule is CCN(CC(C)C)C(=O)CN. The fourth-order valence-corrected chi connectivity index (χ4v) is 0.977. The maximum absolute atomic E-state index is 11.1. The van der Waals surface area contributed by atoms with E-state index >= 15 is 0 Å². The van der Waals surface area contributed by atoms with Crippen molar-refractivity contribution < 1.29 is 4.79 Å². The predicted molar refractivity (Wildman–Crippen MR) is 46.1 cm³/mol. The van der Waals surface area contributed by atoms with Crippen molar-refractivity contribution in [3.8, 4) is 0 Å². The molecule has 11 heavy (non-hydrogen) atoms. The molecule has 0 aliphatic carbocycles. The van der Waals surface area contributed by atoms with Gasteiger partial charge in [0.15, 0.2) is 0 Å². The summed E-state index contributed by atoms with van der Waals surface area (Å²) in [5, 5.41) is 0. The van der Waals surface area contributed by atoms with Gasteiger partial charge in [0.2, 0.25) is 5.91 Å². The van der Waals surface area contributed by atoms with E-state index in [1.54, 1.807) is 4.90 Å². The van der Waals surface area contributed by atoms with Gasteiger partial charge in [-0.15, -0.1) is 0 Å². The minimum absolute atomic E-state index is 0.0428. The van der Waals surface area contributed by atoms with Crippen molar-refractivity contribution in [1.29, 1.82) is 0 Å². The van der Waals surface area contributed by atoms with E-state index in [1.165, 1.54) is 0 Å². The number of amides is 1. The fraction of sp³-hybridized carbons (Fsp3) is 0.875. The largest absolute Gasteiger partial charge is 0.342 e. The maximum atomic E-state index is 11.1. The Hall–Kier alpha value is -0.570. The minimum atomic E-state index is 0.0428. The lowest BCUT2D eigenvalue weighted by Gasteiger charge is -2.21. The monoisotopic (exact) mass is 158 g/mol. The van der Waals surface area contributed by atoms with Gasteiger partial charge >= 0.3 is 0 Å². The maximum Gasteiger partial charge on any atom is 0.236 e. The highest BCUT2D eigenvalue weighted by Gasteiger charge is 2.09. The molecule has 0 aliphatic heterocycles. The molecule has 0 aliphatic rings. The van der Waals surface area contributed by atoms with Crippen molar-refractivity contribution in [2.75, 3.05) is 19.6 Å². The highest BCUT2D eigenvalue weighted by atomic mass is 16.2. The van der Waals surface area contributed by atoms with Crippen LogP contribution in [0.5, 0.6) is 0 Å². The van der Waals surface area contributed by atoms with Gasteiger partial charge in [-0.25, -0.2) is 0 Å². The van der Waals surface area contributed by atoms with Crippen LogP contribution in [-0.2, 0) is 4.79 Å². The zero-order valence-corrected chi connectivity index (χ0v) is 7.63. The van der Waals surface area contributed by atoms with Crippen molar-refractivity contribution in [3.05, 3.63) is 0 Å². The Balaban J connectivity index is 3.84. The molecule has 3 nitrogen and oxygen atoms in total. The first-order chi connectivity index (χ1) is 5.11. The summed E-state index contributed by atoms with van der Waals surface area (Å²) in [6.07, 6.45) is 0. The molecule has 0 radical (unpaired) electrons. The number of nitrogens with zero attached hydrogens (tertiary/aromatic N) is 1. The number of hydrogen-bond donors (Lipinski definition) is 1. The molecule has 0 unspecified atom stereocenters. The van der Waals surface area contributed by atoms with Crippen molar-refractivity contribution in [2.45, 2.75) is 20.8 Å². The van der Waals surface area contributed by atoms with Gasteiger partial charge in [-0.3, -0.25) is 4.79 Å². The average Bonchev–Trinajstić information content (AvgIpc) is 1.98. The van der Waals surface area contributed by atoms with Crippen LogP contribution in [0.2, 0.25) is 0 Å². The lowest BCUT2D eigenvalue weighted by Crippen LogP contribution is -2.38. The highest BCUT2D eigenvalue weighted by molar-refractivity contribution is 5.77. The van der Waals surface area contributed by atoms with Crippen LogP contribution in [0, 0.1) is 5.92 Å². The standard InChI is InChI=1S/C8H18N2O/c1-4-10(6-7(2)3)8(11)5-9/h7H,4-6,9H2,1-3H3. The van der Waals surface area contributed by atoms with Gasteiger partial charge in [0.05, 0.1) is 6.54 Å². The molecule has 2 N–H and O–H groups in total. The zero-order chi connectivity index (χ0) is 8.85. The third-order valence-electron chi connectivity index (χ3n) is 1.49. The number of rotatable bonds is 4. The van der Waals surface area contributed by atoms with Crippen LogP contribution in [0.1, 0.15) is 20.8 Å². The molecule has 66 valence electrons. The van der Waals surface area contributed by atoms with E-state index in [1.807, 2.05) is 6.92 Å². The summed E-state index contributed by atoms with van der Waals surface area (Å²) in [5.41, 5.74) is 5.23. The lowest BCUT2D eigenvalue weighted by atomic mass is 10.2. The molecule has 0 saturated heterocycles. The first-order valence-electron chi connectivity index (χ1n) is 4.09. The highest BCUT2D eigenvalue weighted by Crippen LogP contribution is 1.97. The van der Waals surface area contributed by atoms with Gasteiger partial charge in [0.25, 0.3) is 0 Å². The second-order valence-electron chi connectivity index (χ2n) is 3.03.